The monoisotopic (exact) mass is 291 g/mol. The molecule has 0 amide bonds. The summed E-state index contributed by atoms with van der Waals surface area (Å²) in [7, 11) is 0. The van der Waals surface area contributed by atoms with Gasteiger partial charge in [0.05, 0.1) is 19.1 Å². The summed E-state index contributed by atoms with van der Waals surface area (Å²) in [5.41, 5.74) is 7.44. The highest BCUT2D eigenvalue weighted by Crippen LogP contribution is 2.34. The molecule has 3 nitrogen and oxygen atoms in total. The summed E-state index contributed by atoms with van der Waals surface area (Å²) in [5.74, 6) is 0.668. The van der Waals surface area contributed by atoms with E-state index in [-0.39, 0.29) is 0 Å². The second-order valence-electron chi connectivity index (χ2n) is 4.79. The summed E-state index contributed by atoms with van der Waals surface area (Å²) in [6, 6.07) is 6.81. The molecule has 0 aliphatic carbocycles. The van der Waals surface area contributed by atoms with Crippen LogP contribution in [-0.2, 0) is 6.54 Å². The average Bonchev–Trinajstić information content (AvgIpc) is 3.05. The molecule has 1 unspecified atom stereocenters. The van der Waals surface area contributed by atoms with Crippen molar-refractivity contribution >= 4 is 28.6 Å². The van der Waals surface area contributed by atoms with Gasteiger partial charge in [0.2, 0.25) is 0 Å². The zero-order chi connectivity index (χ0) is 13.4. The van der Waals surface area contributed by atoms with Gasteiger partial charge in [-0.05, 0) is 36.9 Å². The fraction of sp³-hybridized carbons (Fsp3) is 0.357. The van der Waals surface area contributed by atoms with Crippen molar-refractivity contribution in [1.29, 1.82) is 0 Å². The van der Waals surface area contributed by atoms with Gasteiger partial charge in [0.1, 0.15) is 0 Å². The van der Waals surface area contributed by atoms with E-state index >= 15 is 0 Å². The van der Waals surface area contributed by atoms with Crippen LogP contribution in [-0.4, -0.2) is 17.4 Å². The largest absolute Gasteiger partial charge is 0.370 e. The third kappa shape index (κ3) is 2.40. The second kappa shape index (κ2) is 4.98. The van der Waals surface area contributed by atoms with E-state index < -0.39 is 0 Å². The number of rotatable bonds is 3. The van der Waals surface area contributed by atoms with E-state index in [1.165, 1.54) is 20.2 Å². The first kappa shape index (κ1) is 12.7. The summed E-state index contributed by atoms with van der Waals surface area (Å²) in [5, 5.41) is 2.10. The molecule has 0 bridgehead atoms. The van der Waals surface area contributed by atoms with Crippen molar-refractivity contribution in [3.63, 3.8) is 0 Å². The Labute approximate surface area is 121 Å². The van der Waals surface area contributed by atoms with Gasteiger partial charge < -0.3 is 10.6 Å². The van der Waals surface area contributed by atoms with Crippen molar-refractivity contribution in [2.45, 2.75) is 26.4 Å². The van der Waals surface area contributed by atoms with Crippen molar-refractivity contribution in [3.8, 4) is 0 Å². The van der Waals surface area contributed by atoms with Gasteiger partial charge in [-0.1, -0.05) is 6.07 Å². The normalized spacial score (nSPS) is 18.9. The molecule has 2 N–H and O–H groups in total. The lowest BCUT2D eigenvalue weighted by Gasteiger charge is -2.26. The van der Waals surface area contributed by atoms with Crippen LogP contribution in [0.4, 0.5) is 0 Å². The Balaban J connectivity index is 1.87. The quantitative estimate of drug-likeness (QED) is 0.942. The molecular weight excluding hydrogens is 274 g/mol. The molecule has 1 aliphatic rings. The maximum absolute atomic E-state index is 6.06. The number of thiophene rings is 2. The van der Waals surface area contributed by atoms with Crippen LogP contribution in [0.3, 0.4) is 0 Å². The summed E-state index contributed by atoms with van der Waals surface area (Å²) in [6.45, 7) is 5.97. The van der Waals surface area contributed by atoms with Gasteiger partial charge in [-0.15, -0.1) is 22.7 Å². The smallest absolute Gasteiger partial charge is 0.192 e. The molecule has 0 radical (unpaired) electrons. The Bertz CT molecular complexity index is 598. The molecule has 0 saturated carbocycles. The molecule has 5 heteroatoms. The number of nitrogens with zero attached hydrogens (tertiary/aromatic N) is 2. The third-order valence-electron chi connectivity index (χ3n) is 3.44. The highest BCUT2D eigenvalue weighted by molar-refractivity contribution is 7.12. The lowest BCUT2D eigenvalue weighted by atomic mass is 10.1. The van der Waals surface area contributed by atoms with Crippen molar-refractivity contribution in [2.75, 3.05) is 6.54 Å². The molecule has 2 aromatic rings. The van der Waals surface area contributed by atoms with Crippen molar-refractivity contribution in [2.24, 2.45) is 10.7 Å². The third-order valence-corrected chi connectivity index (χ3v) is 5.28. The molecule has 1 aliphatic heterocycles. The van der Waals surface area contributed by atoms with Crippen molar-refractivity contribution in [3.05, 3.63) is 43.8 Å². The summed E-state index contributed by atoms with van der Waals surface area (Å²) >= 11 is 3.62. The van der Waals surface area contributed by atoms with Crippen LogP contribution in [0.25, 0.3) is 0 Å². The lowest BCUT2D eigenvalue weighted by molar-refractivity contribution is 0.343. The molecule has 0 spiro atoms. The number of hydrogen-bond acceptors (Lipinski definition) is 5. The first-order chi connectivity index (χ1) is 9.15. The lowest BCUT2D eigenvalue weighted by Crippen LogP contribution is -2.35. The minimum absolute atomic E-state index is 0.298. The van der Waals surface area contributed by atoms with E-state index in [9.17, 15) is 0 Å². The Kier molecular flexibility index (Phi) is 3.33. The molecule has 19 heavy (non-hydrogen) atoms. The second-order valence-corrected chi connectivity index (χ2v) is 7.28. The first-order valence-corrected chi connectivity index (χ1v) is 8.00. The van der Waals surface area contributed by atoms with Gasteiger partial charge in [-0.25, -0.2) is 0 Å². The maximum Gasteiger partial charge on any atom is 0.192 e. The molecule has 0 aromatic carbocycles. The maximum atomic E-state index is 6.06. The standard InChI is InChI=1S/C14H17N3S2/c1-9-6-12(10(2)19-9)13-7-16-14(15)17(13)8-11-4-3-5-18-11/h3-6,13H,7-8H2,1-2H3,(H2,15,16). The van der Waals surface area contributed by atoms with Crippen LogP contribution in [0.5, 0.6) is 0 Å². The van der Waals surface area contributed by atoms with Crippen LogP contribution in [0.1, 0.15) is 26.2 Å². The molecular formula is C14H17N3S2. The number of nitrogens with two attached hydrogens (primary N) is 1. The fourth-order valence-corrected chi connectivity index (χ4v) is 4.22. The molecule has 1 atom stereocenters. The molecule has 3 heterocycles. The van der Waals surface area contributed by atoms with E-state index in [1.807, 2.05) is 11.3 Å². The van der Waals surface area contributed by atoms with Gasteiger partial charge >= 0.3 is 0 Å². The van der Waals surface area contributed by atoms with Crippen molar-refractivity contribution < 1.29 is 0 Å². The number of guanidine groups is 1. The summed E-state index contributed by atoms with van der Waals surface area (Å²) < 4.78 is 0. The Hall–Kier alpha value is -1.33. The molecule has 3 rings (SSSR count). The highest BCUT2D eigenvalue weighted by atomic mass is 32.1. The number of aliphatic imine (C=N–C) groups is 1. The SMILES string of the molecule is Cc1cc(C2CN=C(N)N2Cc2cccs2)c(C)s1. The highest BCUT2D eigenvalue weighted by Gasteiger charge is 2.29. The first-order valence-electron chi connectivity index (χ1n) is 6.31. The van der Waals surface area contributed by atoms with Gasteiger partial charge in [0, 0.05) is 14.6 Å². The van der Waals surface area contributed by atoms with Crippen LogP contribution >= 0.6 is 22.7 Å². The predicted octanol–water partition coefficient (Wildman–Crippen LogP) is 3.30. The Morgan fingerprint density at radius 2 is 2.32 bits per heavy atom. The topological polar surface area (TPSA) is 41.6 Å². The zero-order valence-corrected chi connectivity index (χ0v) is 12.7. The number of aryl methyl sites for hydroxylation is 2. The van der Waals surface area contributed by atoms with Crippen LogP contribution in [0.15, 0.2) is 28.6 Å². The molecule has 0 fully saturated rings. The minimum Gasteiger partial charge on any atom is -0.370 e. The van der Waals surface area contributed by atoms with Gasteiger partial charge in [-0.3, -0.25) is 4.99 Å². The van der Waals surface area contributed by atoms with Crippen LogP contribution in [0.2, 0.25) is 0 Å². The predicted molar refractivity (Wildman–Crippen MR) is 82.9 cm³/mol. The summed E-state index contributed by atoms with van der Waals surface area (Å²) in [4.78, 5) is 10.7. The van der Waals surface area contributed by atoms with E-state index in [0.29, 0.717) is 12.0 Å². The fourth-order valence-electron chi connectivity index (χ4n) is 2.54. The number of hydrogen-bond donors (Lipinski definition) is 1. The summed E-state index contributed by atoms with van der Waals surface area (Å²) in [6.07, 6.45) is 0. The van der Waals surface area contributed by atoms with E-state index in [1.54, 1.807) is 11.3 Å². The van der Waals surface area contributed by atoms with Crippen LogP contribution in [0, 0.1) is 13.8 Å². The molecule has 100 valence electrons. The van der Waals surface area contributed by atoms with Gasteiger partial charge in [-0.2, -0.15) is 0 Å². The Morgan fingerprint density at radius 3 is 2.95 bits per heavy atom. The van der Waals surface area contributed by atoms with E-state index in [0.717, 1.165) is 13.1 Å². The zero-order valence-electron chi connectivity index (χ0n) is 11.1. The van der Waals surface area contributed by atoms with Gasteiger partial charge in [0.25, 0.3) is 0 Å². The van der Waals surface area contributed by atoms with Gasteiger partial charge in [0.15, 0.2) is 5.96 Å². The molecule has 2 aromatic heterocycles. The van der Waals surface area contributed by atoms with Crippen LogP contribution < -0.4 is 5.73 Å². The van der Waals surface area contributed by atoms with E-state index in [2.05, 4.69) is 47.3 Å². The Morgan fingerprint density at radius 1 is 1.47 bits per heavy atom. The van der Waals surface area contributed by atoms with Crippen molar-refractivity contribution in [1.82, 2.24) is 4.90 Å². The van der Waals surface area contributed by atoms with E-state index in [4.69, 9.17) is 5.73 Å². The molecule has 0 saturated heterocycles. The average molecular weight is 291 g/mol. The minimum atomic E-state index is 0.298.